The van der Waals surface area contributed by atoms with Crippen molar-refractivity contribution in [2.45, 2.75) is 36.5 Å². The molecular formula is C31H32Cl3N3O2. The highest BCUT2D eigenvalue weighted by Crippen LogP contribution is 2.42. The molecule has 39 heavy (non-hydrogen) atoms. The molecule has 2 amide bonds. The highest BCUT2D eigenvalue weighted by atomic mass is 35.5. The molecule has 5 nitrogen and oxygen atoms in total. The van der Waals surface area contributed by atoms with E-state index in [-0.39, 0.29) is 17.2 Å². The number of rotatable bonds is 7. The maximum atomic E-state index is 13.4. The zero-order valence-electron chi connectivity index (χ0n) is 21.7. The average Bonchev–Trinajstić information content (AvgIpc) is 3.40. The normalized spacial score (nSPS) is 21.2. The highest BCUT2D eigenvalue weighted by molar-refractivity contribution is 6.42. The summed E-state index contributed by atoms with van der Waals surface area (Å²) in [7, 11) is 0. The van der Waals surface area contributed by atoms with Gasteiger partial charge >= 0.3 is 0 Å². The fourth-order valence-corrected chi connectivity index (χ4v) is 6.62. The van der Waals surface area contributed by atoms with Crippen molar-refractivity contribution in [3.63, 3.8) is 0 Å². The van der Waals surface area contributed by atoms with Gasteiger partial charge in [0.1, 0.15) is 0 Å². The zero-order chi connectivity index (χ0) is 27.6. The molecule has 1 atom stereocenters. The van der Waals surface area contributed by atoms with Crippen LogP contribution in [0, 0.1) is 0 Å². The smallest absolute Gasteiger partial charge is 0.253 e. The number of likely N-dealkylation sites (tertiary alicyclic amines) is 2. The lowest BCUT2D eigenvalue weighted by Gasteiger charge is -2.41. The molecule has 5 rings (SSSR count). The largest absolute Gasteiger partial charge is 0.369 e. The van der Waals surface area contributed by atoms with E-state index in [1.165, 1.54) is 0 Å². The number of piperidine rings is 1. The minimum absolute atomic E-state index is 0.000627. The van der Waals surface area contributed by atoms with Crippen molar-refractivity contribution in [2.75, 3.05) is 32.7 Å². The number of carbonyl (C=O) groups excluding carboxylic acids is 2. The number of carbonyl (C=O) groups is 2. The molecule has 0 saturated carbocycles. The Labute approximate surface area is 244 Å². The van der Waals surface area contributed by atoms with Gasteiger partial charge in [-0.25, -0.2) is 0 Å². The van der Waals surface area contributed by atoms with E-state index in [0.717, 1.165) is 43.6 Å². The van der Waals surface area contributed by atoms with Crippen LogP contribution in [0.2, 0.25) is 15.1 Å². The number of nitrogens with two attached hydrogens (primary N) is 1. The Kier molecular flexibility index (Phi) is 8.25. The van der Waals surface area contributed by atoms with E-state index in [1.54, 1.807) is 24.3 Å². The second-order valence-corrected chi connectivity index (χ2v) is 12.0. The molecule has 1 unspecified atom stereocenters. The highest BCUT2D eigenvalue weighted by Gasteiger charge is 2.44. The molecule has 0 spiro atoms. The third kappa shape index (κ3) is 5.69. The summed E-state index contributed by atoms with van der Waals surface area (Å²) in [6.07, 6.45) is 3.05. The molecule has 204 valence electrons. The minimum Gasteiger partial charge on any atom is -0.369 e. The molecule has 3 aromatic carbocycles. The lowest BCUT2D eigenvalue weighted by Crippen LogP contribution is -2.50. The Hall–Kier alpha value is -2.57. The van der Waals surface area contributed by atoms with Gasteiger partial charge in [0, 0.05) is 29.1 Å². The number of primary amides is 1. The van der Waals surface area contributed by atoms with Crippen LogP contribution in [-0.2, 0) is 15.6 Å². The van der Waals surface area contributed by atoms with Crippen LogP contribution in [0.15, 0.2) is 72.8 Å². The number of hydrogen-bond donors (Lipinski definition) is 1. The van der Waals surface area contributed by atoms with Gasteiger partial charge in [0.15, 0.2) is 0 Å². The fraction of sp³-hybridized carbons (Fsp3) is 0.355. The average molecular weight is 585 g/mol. The first-order valence-corrected chi connectivity index (χ1v) is 14.4. The van der Waals surface area contributed by atoms with Crippen LogP contribution in [0.25, 0.3) is 0 Å². The lowest BCUT2D eigenvalue weighted by atomic mass is 9.71. The Morgan fingerprint density at radius 1 is 0.795 bits per heavy atom. The van der Waals surface area contributed by atoms with E-state index < -0.39 is 5.41 Å². The van der Waals surface area contributed by atoms with Crippen LogP contribution < -0.4 is 5.73 Å². The van der Waals surface area contributed by atoms with Crippen LogP contribution in [-0.4, -0.2) is 54.3 Å². The number of amides is 2. The maximum Gasteiger partial charge on any atom is 0.253 e. The summed E-state index contributed by atoms with van der Waals surface area (Å²) in [5, 5.41) is 1.64. The fourth-order valence-electron chi connectivity index (χ4n) is 6.20. The summed E-state index contributed by atoms with van der Waals surface area (Å²) in [5.41, 5.74) is 7.78. The summed E-state index contributed by atoms with van der Waals surface area (Å²) >= 11 is 18.7. The molecule has 2 N–H and O–H groups in total. The summed E-state index contributed by atoms with van der Waals surface area (Å²) in [5.74, 6) is -0.256. The minimum atomic E-state index is -0.631. The molecule has 0 aromatic heterocycles. The van der Waals surface area contributed by atoms with Crippen molar-refractivity contribution in [1.29, 1.82) is 0 Å². The van der Waals surface area contributed by atoms with Crippen LogP contribution in [0.5, 0.6) is 0 Å². The Balaban J connectivity index is 1.33. The Morgan fingerprint density at radius 3 is 2.13 bits per heavy atom. The van der Waals surface area contributed by atoms with Crippen LogP contribution >= 0.6 is 34.8 Å². The molecular weight excluding hydrogens is 553 g/mol. The van der Waals surface area contributed by atoms with E-state index >= 15 is 0 Å². The Bertz CT molecular complexity index is 1340. The summed E-state index contributed by atoms with van der Waals surface area (Å²) < 4.78 is 0. The first-order valence-electron chi connectivity index (χ1n) is 13.3. The van der Waals surface area contributed by atoms with Gasteiger partial charge in [0.25, 0.3) is 5.91 Å². The second kappa shape index (κ2) is 11.5. The van der Waals surface area contributed by atoms with E-state index in [2.05, 4.69) is 4.90 Å². The number of hydrogen-bond acceptors (Lipinski definition) is 3. The van der Waals surface area contributed by atoms with Gasteiger partial charge in [-0.05, 0) is 92.8 Å². The van der Waals surface area contributed by atoms with Crippen LogP contribution in [0.1, 0.15) is 47.2 Å². The molecule has 0 radical (unpaired) electrons. The van der Waals surface area contributed by atoms with Crippen molar-refractivity contribution < 1.29 is 9.59 Å². The summed E-state index contributed by atoms with van der Waals surface area (Å²) in [6.45, 7) is 3.65. The van der Waals surface area contributed by atoms with Crippen molar-refractivity contribution >= 4 is 46.6 Å². The van der Waals surface area contributed by atoms with Crippen molar-refractivity contribution in [3.8, 4) is 0 Å². The Morgan fingerprint density at radius 2 is 1.49 bits per heavy atom. The van der Waals surface area contributed by atoms with Gasteiger partial charge in [0.2, 0.25) is 5.91 Å². The molecule has 3 aromatic rings. The molecule has 2 aliphatic rings. The van der Waals surface area contributed by atoms with Gasteiger partial charge in [-0.3, -0.25) is 9.59 Å². The molecule has 2 heterocycles. The number of nitrogens with zero attached hydrogens (tertiary/aromatic N) is 2. The first-order chi connectivity index (χ1) is 18.7. The molecule has 2 saturated heterocycles. The maximum absolute atomic E-state index is 13.4. The zero-order valence-corrected chi connectivity index (χ0v) is 24.0. The number of benzene rings is 3. The summed E-state index contributed by atoms with van der Waals surface area (Å²) in [4.78, 5) is 30.3. The van der Waals surface area contributed by atoms with E-state index in [4.69, 9.17) is 40.5 Å². The standard InChI is InChI=1S/C31H32Cl3N3O2/c32-25-9-6-22(7-10-25)28(38)37-19-13-30(21-37,24-8-11-26(33)27(34)20-24)12-16-36-17-14-31(15-18-36,29(35)39)23-4-2-1-3-5-23/h1-11,20H,12-19,21H2,(H2,35,39). The molecule has 2 fully saturated rings. The van der Waals surface area contributed by atoms with Gasteiger partial charge < -0.3 is 15.5 Å². The predicted octanol–water partition coefficient (Wildman–Crippen LogP) is 6.34. The van der Waals surface area contributed by atoms with E-state index in [1.807, 2.05) is 53.4 Å². The quantitative estimate of drug-likeness (QED) is 0.352. The van der Waals surface area contributed by atoms with E-state index in [0.29, 0.717) is 46.6 Å². The van der Waals surface area contributed by atoms with Crippen molar-refractivity contribution in [1.82, 2.24) is 9.80 Å². The van der Waals surface area contributed by atoms with Gasteiger partial charge in [-0.1, -0.05) is 71.2 Å². The number of halogens is 3. The van der Waals surface area contributed by atoms with E-state index in [9.17, 15) is 9.59 Å². The van der Waals surface area contributed by atoms with Crippen LogP contribution in [0.4, 0.5) is 0 Å². The molecule has 0 aliphatic carbocycles. The van der Waals surface area contributed by atoms with Crippen molar-refractivity contribution in [3.05, 3.63) is 105 Å². The third-order valence-corrected chi connectivity index (χ3v) is 9.67. The van der Waals surface area contributed by atoms with Gasteiger partial charge in [0.05, 0.1) is 15.5 Å². The molecule has 0 bridgehead atoms. The van der Waals surface area contributed by atoms with Crippen molar-refractivity contribution in [2.24, 2.45) is 5.73 Å². The lowest BCUT2D eigenvalue weighted by molar-refractivity contribution is -0.125. The summed E-state index contributed by atoms with van der Waals surface area (Å²) in [6, 6.07) is 22.8. The van der Waals surface area contributed by atoms with Gasteiger partial charge in [-0.15, -0.1) is 0 Å². The second-order valence-electron chi connectivity index (χ2n) is 10.8. The predicted molar refractivity (Wildman–Crippen MR) is 158 cm³/mol. The van der Waals surface area contributed by atoms with Crippen LogP contribution in [0.3, 0.4) is 0 Å². The first kappa shape index (κ1) is 28.0. The molecule has 2 aliphatic heterocycles. The third-order valence-electron chi connectivity index (χ3n) is 8.68. The molecule has 8 heteroatoms. The SMILES string of the molecule is NC(=O)C1(c2ccccc2)CCN(CCC2(c3ccc(Cl)c(Cl)c3)CCN(C(=O)c3ccc(Cl)cc3)C2)CC1. The van der Waals surface area contributed by atoms with Gasteiger partial charge in [-0.2, -0.15) is 0 Å². The monoisotopic (exact) mass is 583 g/mol. The topological polar surface area (TPSA) is 66.6 Å².